The summed E-state index contributed by atoms with van der Waals surface area (Å²) in [6.45, 7) is 9.74. The molecule has 1 N–H and O–H groups in total. The maximum Gasteiger partial charge on any atom is 0.244 e. The second-order valence-corrected chi connectivity index (χ2v) is 11.6. The molecule has 0 bridgehead atoms. The highest BCUT2D eigenvalue weighted by atomic mass is 32.2. The van der Waals surface area contributed by atoms with E-state index in [0.29, 0.717) is 18.0 Å². The first-order chi connectivity index (χ1) is 16.8. The fourth-order valence-corrected chi connectivity index (χ4v) is 4.67. The summed E-state index contributed by atoms with van der Waals surface area (Å²) in [5.74, 6) is 0.147. The number of amides is 2. The van der Waals surface area contributed by atoms with E-state index in [2.05, 4.69) is 5.32 Å². The Morgan fingerprint density at radius 1 is 1.00 bits per heavy atom. The SMILES string of the molecule is COc1cccc(CN(C(=O)CN(c2ccccc2C(C)C)S(C)(=O)=O)C(C)C(=O)NCC(C)C)c1. The fraction of sp³-hybridized carbons (Fsp3) is 0.481. The Bertz CT molecular complexity index is 1150. The van der Waals surface area contributed by atoms with E-state index in [9.17, 15) is 18.0 Å². The largest absolute Gasteiger partial charge is 0.497 e. The number of carbonyl (C=O) groups is 2. The molecule has 0 spiro atoms. The van der Waals surface area contributed by atoms with Gasteiger partial charge in [0, 0.05) is 13.1 Å². The van der Waals surface area contributed by atoms with Crippen molar-refractivity contribution in [1.82, 2.24) is 10.2 Å². The third-order valence-corrected chi connectivity index (χ3v) is 6.97. The molecule has 0 saturated carbocycles. The molecule has 36 heavy (non-hydrogen) atoms. The van der Waals surface area contributed by atoms with Gasteiger partial charge in [-0.1, -0.05) is 58.0 Å². The molecule has 2 aromatic rings. The lowest BCUT2D eigenvalue weighted by Crippen LogP contribution is -2.51. The predicted octanol–water partition coefficient (Wildman–Crippen LogP) is 3.77. The molecule has 8 nitrogen and oxygen atoms in total. The fourth-order valence-electron chi connectivity index (χ4n) is 3.80. The first-order valence-electron chi connectivity index (χ1n) is 12.1. The topological polar surface area (TPSA) is 96.0 Å². The summed E-state index contributed by atoms with van der Waals surface area (Å²) in [5.41, 5.74) is 2.04. The summed E-state index contributed by atoms with van der Waals surface area (Å²) < 4.78 is 32.1. The predicted molar refractivity (Wildman–Crippen MR) is 144 cm³/mol. The van der Waals surface area contributed by atoms with Gasteiger partial charge in [0.25, 0.3) is 0 Å². The Labute approximate surface area is 215 Å². The van der Waals surface area contributed by atoms with Crippen LogP contribution in [-0.4, -0.2) is 57.6 Å². The summed E-state index contributed by atoms with van der Waals surface area (Å²) in [6.07, 6.45) is 1.09. The van der Waals surface area contributed by atoms with Crippen LogP contribution in [0.15, 0.2) is 48.5 Å². The van der Waals surface area contributed by atoms with Crippen LogP contribution in [0.5, 0.6) is 5.75 Å². The third kappa shape index (κ3) is 7.98. The minimum Gasteiger partial charge on any atom is -0.497 e. The first kappa shape index (κ1) is 29.2. The van der Waals surface area contributed by atoms with Crippen LogP contribution in [0.4, 0.5) is 5.69 Å². The summed E-state index contributed by atoms with van der Waals surface area (Å²) in [4.78, 5) is 28.1. The van der Waals surface area contributed by atoms with Gasteiger partial charge in [-0.05, 0) is 48.1 Å². The molecule has 0 radical (unpaired) electrons. The van der Waals surface area contributed by atoms with Crippen molar-refractivity contribution < 1.29 is 22.7 Å². The maximum atomic E-state index is 13.7. The number of methoxy groups -OCH3 is 1. The lowest BCUT2D eigenvalue weighted by molar-refractivity contribution is -0.139. The standard InChI is InChI=1S/C27H39N3O5S/c1-19(2)16-28-27(32)21(5)29(17-22-11-10-12-23(15-22)35-6)26(31)18-30(36(7,33)34)25-14-9-8-13-24(25)20(3)4/h8-15,19-21H,16-18H2,1-7H3,(H,28,32). The van der Waals surface area contributed by atoms with Crippen molar-refractivity contribution in [1.29, 1.82) is 0 Å². The number of ether oxygens (including phenoxy) is 1. The molecule has 0 aliphatic heterocycles. The lowest BCUT2D eigenvalue weighted by atomic mass is 10.0. The van der Waals surface area contributed by atoms with E-state index in [1.54, 1.807) is 38.3 Å². The zero-order valence-corrected chi connectivity index (χ0v) is 23.1. The summed E-state index contributed by atoms with van der Waals surface area (Å²) in [5, 5.41) is 2.88. The number of hydrogen-bond acceptors (Lipinski definition) is 5. The molecule has 9 heteroatoms. The summed E-state index contributed by atoms with van der Waals surface area (Å²) >= 11 is 0. The van der Waals surface area contributed by atoms with Gasteiger partial charge in [0.2, 0.25) is 21.8 Å². The molecule has 198 valence electrons. The van der Waals surface area contributed by atoms with Crippen LogP contribution in [0.25, 0.3) is 0 Å². The highest BCUT2D eigenvalue weighted by molar-refractivity contribution is 7.92. The number of nitrogens with zero attached hydrogens (tertiary/aromatic N) is 2. The first-order valence-corrected chi connectivity index (χ1v) is 14.0. The molecule has 2 rings (SSSR count). The number of anilines is 1. The number of rotatable bonds is 12. The molecule has 2 aromatic carbocycles. The second kappa shape index (κ2) is 12.8. The Balaban J connectivity index is 2.45. The van der Waals surface area contributed by atoms with Crippen molar-refractivity contribution in [3.63, 3.8) is 0 Å². The molecule has 0 aliphatic carbocycles. The lowest BCUT2D eigenvalue weighted by Gasteiger charge is -2.32. The van der Waals surface area contributed by atoms with Crippen molar-refractivity contribution in [3.05, 3.63) is 59.7 Å². The zero-order chi connectivity index (χ0) is 27.0. The molecule has 2 amide bonds. The van der Waals surface area contributed by atoms with Crippen LogP contribution in [0.2, 0.25) is 0 Å². The molecule has 1 unspecified atom stereocenters. The Morgan fingerprint density at radius 2 is 1.67 bits per heavy atom. The van der Waals surface area contributed by atoms with Crippen molar-refractivity contribution in [2.45, 2.75) is 53.1 Å². The van der Waals surface area contributed by atoms with E-state index in [1.807, 2.05) is 52.0 Å². The van der Waals surface area contributed by atoms with Gasteiger partial charge in [0.05, 0.1) is 19.1 Å². The maximum absolute atomic E-state index is 13.7. The monoisotopic (exact) mass is 517 g/mol. The van der Waals surface area contributed by atoms with Crippen LogP contribution in [0, 0.1) is 5.92 Å². The zero-order valence-electron chi connectivity index (χ0n) is 22.3. The van der Waals surface area contributed by atoms with Gasteiger partial charge in [0.1, 0.15) is 18.3 Å². The molecule has 0 heterocycles. The van der Waals surface area contributed by atoms with Gasteiger partial charge in [-0.15, -0.1) is 0 Å². The van der Waals surface area contributed by atoms with E-state index >= 15 is 0 Å². The van der Waals surface area contributed by atoms with Crippen LogP contribution < -0.4 is 14.4 Å². The smallest absolute Gasteiger partial charge is 0.244 e. The molecular formula is C27H39N3O5S. The highest BCUT2D eigenvalue weighted by Crippen LogP contribution is 2.29. The number of para-hydroxylation sites is 1. The van der Waals surface area contributed by atoms with Crippen LogP contribution >= 0.6 is 0 Å². The Morgan fingerprint density at radius 3 is 2.25 bits per heavy atom. The van der Waals surface area contributed by atoms with Gasteiger partial charge >= 0.3 is 0 Å². The quantitative estimate of drug-likeness (QED) is 0.462. The average molecular weight is 518 g/mol. The van der Waals surface area contributed by atoms with E-state index in [1.165, 1.54) is 4.90 Å². The molecule has 0 fully saturated rings. The van der Waals surface area contributed by atoms with Gasteiger partial charge in [-0.3, -0.25) is 13.9 Å². The van der Waals surface area contributed by atoms with E-state index < -0.39 is 28.5 Å². The number of nitrogens with one attached hydrogen (secondary N) is 1. The van der Waals surface area contributed by atoms with Gasteiger partial charge in [0.15, 0.2) is 0 Å². The summed E-state index contributed by atoms with van der Waals surface area (Å²) in [7, 11) is -2.23. The number of sulfonamides is 1. The van der Waals surface area contributed by atoms with Gasteiger partial charge in [-0.2, -0.15) is 0 Å². The van der Waals surface area contributed by atoms with Crippen LogP contribution in [0.1, 0.15) is 51.7 Å². The van der Waals surface area contributed by atoms with Crippen molar-refractivity contribution in [3.8, 4) is 5.75 Å². The van der Waals surface area contributed by atoms with E-state index in [4.69, 9.17) is 4.74 Å². The molecule has 0 aliphatic rings. The Hall–Kier alpha value is -3.07. The number of benzene rings is 2. The Kier molecular flexibility index (Phi) is 10.3. The second-order valence-electron chi connectivity index (χ2n) is 9.67. The molecule has 0 saturated heterocycles. The molecule has 0 aromatic heterocycles. The molecule has 1 atom stereocenters. The minimum atomic E-state index is -3.79. The van der Waals surface area contributed by atoms with Crippen molar-refractivity contribution in [2.75, 3.05) is 30.8 Å². The van der Waals surface area contributed by atoms with E-state index in [0.717, 1.165) is 21.7 Å². The van der Waals surface area contributed by atoms with Crippen LogP contribution in [-0.2, 0) is 26.2 Å². The van der Waals surface area contributed by atoms with Gasteiger partial charge in [-0.25, -0.2) is 8.42 Å². The number of carbonyl (C=O) groups excluding carboxylic acids is 2. The van der Waals surface area contributed by atoms with Crippen molar-refractivity contribution in [2.24, 2.45) is 5.92 Å². The average Bonchev–Trinajstić information content (AvgIpc) is 2.83. The third-order valence-electron chi connectivity index (χ3n) is 5.85. The van der Waals surface area contributed by atoms with Gasteiger partial charge < -0.3 is 15.0 Å². The van der Waals surface area contributed by atoms with Crippen molar-refractivity contribution >= 4 is 27.5 Å². The highest BCUT2D eigenvalue weighted by Gasteiger charge is 2.31. The molecular weight excluding hydrogens is 478 g/mol. The van der Waals surface area contributed by atoms with E-state index in [-0.39, 0.29) is 24.3 Å². The number of hydrogen-bond donors (Lipinski definition) is 1. The normalized spacial score (nSPS) is 12.4. The summed E-state index contributed by atoms with van der Waals surface area (Å²) in [6, 6.07) is 13.6. The van der Waals surface area contributed by atoms with Crippen LogP contribution in [0.3, 0.4) is 0 Å². The minimum absolute atomic E-state index is 0.0502.